The van der Waals surface area contributed by atoms with Crippen LogP contribution in [0.15, 0.2) is 0 Å². The highest BCUT2D eigenvalue weighted by atomic mass is 16.1. The molecule has 15 heavy (non-hydrogen) atoms. The van der Waals surface area contributed by atoms with E-state index in [1.54, 1.807) is 0 Å². The van der Waals surface area contributed by atoms with Crippen molar-refractivity contribution in [1.82, 2.24) is 4.90 Å². The Morgan fingerprint density at radius 3 is 2.27 bits per heavy atom. The van der Waals surface area contributed by atoms with Crippen LogP contribution in [0.1, 0.15) is 33.6 Å². The van der Waals surface area contributed by atoms with Gasteiger partial charge in [-0.3, -0.25) is 9.69 Å². The van der Waals surface area contributed by atoms with Crippen LogP contribution in [0.5, 0.6) is 0 Å². The summed E-state index contributed by atoms with van der Waals surface area (Å²) in [7, 11) is 1.92. The third-order valence-corrected chi connectivity index (χ3v) is 2.92. The average molecular weight is 215 g/mol. The Bertz CT molecular complexity index is 194. The molecule has 0 aliphatic carbocycles. The van der Waals surface area contributed by atoms with Crippen molar-refractivity contribution in [2.75, 3.05) is 13.6 Å². The Kier molecular flexibility index (Phi) is 6.52. The van der Waals surface area contributed by atoms with Gasteiger partial charge >= 0.3 is 0 Å². The van der Waals surface area contributed by atoms with Gasteiger partial charge in [-0.15, -0.1) is 0 Å². The Hall–Kier alpha value is -0.610. The van der Waals surface area contributed by atoms with E-state index >= 15 is 0 Å². The summed E-state index contributed by atoms with van der Waals surface area (Å²) in [6.07, 6.45) is 1.65. The van der Waals surface area contributed by atoms with E-state index in [0.717, 1.165) is 19.4 Å². The van der Waals surface area contributed by atoms with Crippen LogP contribution in [0.3, 0.4) is 0 Å². The van der Waals surface area contributed by atoms with E-state index in [2.05, 4.69) is 13.8 Å². The third-order valence-electron chi connectivity index (χ3n) is 2.92. The van der Waals surface area contributed by atoms with E-state index in [1.165, 1.54) is 0 Å². The van der Waals surface area contributed by atoms with Gasteiger partial charge in [-0.25, -0.2) is 0 Å². The molecule has 0 aliphatic heterocycles. The Labute approximate surface area is 93.0 Å². The van der Waals surface area contributed by atoms with Crippen LogP contribution in [-0.4, -0.2) is 36.5 Å². The summed E-state index contributed by atoms with van der Waals surface area (Å²) in [5, 5.41) is 0. The first-order valence-electron chi connectivity index (χ1n) is 5.65. The normalized spacial score (nSPS) is 15.7. The minimum Gasteiger partial charge on any atom is -0.368 e. The monoisotopic (exact) mass is 215 g/mol. The lowest BCUT2D eigenvalue weighted by Crippen LogP contribution is -2.44. The number of amides is 1. The lowest BCUT2D eigenvalue weighted by atomic mass is 10.0. The molecule has 0 aromatic rings. The summed E-state index contributed by atoms with van der Waals surface area (Å²) < 4.78 is 0. The summed E-state index contributed by atoms with van der Waals surface area (Å²) in [6.45, 7) is 7.00. The summed E-state index contributed by atoms with van der Waals surface area (Å²) in [6, 6.07) is 0.0298. The fourth-order valence-corrected chi connectivity index (χ4v) is 1.57. The number of likely N-dealkylation sites (N-methyl/N-ethyl adjacent to an activating group) is 1. The van der Waals surface area contributed by atoms with E-state index in [4.69, 9.17) is 11.5 Å². The van der Waals surface area contributed by atoms with Crippen molar-refractivity contribution in [1.29, 1.82) is 0 Å². The largest absolute Gasteiger partial charge is 0.368 e. The van der Waals surface area contributed by atoms with Crippen LogP contribution in [0.25, 0.3) is 0 Å². The highest BCUT2D eigenvalue weighted by molar-refractivity contribution is 5.79. The van der Waals surface area contributed by atoms with Crippen LogP contribution in [0.4, 0.5) is 0 Å². The lowest BCUT2D eigenvalue weighted by molar-refractivity contribution is -0.122. The molecule has 0 bridgehead atoms. The fraction of sp³-hybridized carbons (Fsp3) is 0.909. The van der Waals surface area contributed by atoms with Crippen LogP contribution < -0.4 is 11.5 Å². The second kappa shape index (κ2) is 6.80. The van der Waals surface area contributed by atoms with Gasteiger partial charge < -0.3 is 11.5 Å². The average Bonchev–Trinajstić information content (AvgIpc) is 2.14. The molecule has 0 aromatic carbocycles. The first kappa shape index (κ1) is 14.4. The molecule has 0 heterocycles. The zero-order valence-electron chi connectivity index (χ0n) is 10.4. The maximum absolute atomic E-state index is 11.1. The molecule has 0 aliphatic rings. The van der Waals surface area contributed by atoms with E-state index in [0.29, 0.717) is 5.92 Å². The minimum absolute atomic E-state index is 0.163. The van der Waals surface area contributed by atoms with Crippen molar-refractivity contribution in [3.05, 3.63) is 0 Å². The van der Waals surface area contributed by atoms with Crippen molar-refractivity contribution >= 4 is 5.91 Å². The summed E-state index contributed by atoms with van der Waals surface area (Å²) >= 11 is 0. The van der Waals surface area contributed by atoms with Crippen molar-refractivity contribution in [2.24, 2.45) is 17.4 Å². The molecule has 4 heteroatoms. The van der Waals surface area contributed by atoms with Crippen LogP contribution in [0, 0.1) is 5.92 Å². The van der Waals surface area contributed by atoms with Gasteiger partial charge in [-0.2, -0.15) is 0 Å². The maximum Gasteiger partial charge on any atom is 0.234 e. The number of hydrogen-bond donors (Lipinski definition) is 2. The number of primary amides is 1. The summed E-state index contributed by atoms with van der Waals surface area (Å²) in [5.41, 5.74) is 11.2. The van der Waals surface area contributed by atoms with Crippen molar-refractivity contribution in [3.63, 3.8) is 0 Å². The van der Waals surface area contributed by atoms with E-state index in [1.807, 2.05) is 18.9 Å². The van der Waals surface area contributed by atoms with Gasteiger partial charge in [-0.1, -0.05) is 20.8 Å². The number of carbonyl (C=O) groups excluding carboxylic acids is 1. The standard InChI is InChI=1S/C11H25N3O/c1-5-10(11(13)15)14(4)7-6-9(12)8(2)3/h8-10H,5-7,12H2,1-4H3,(H2,13,15). The first-order chi connectivity index (χ1) is 6.90. The first-order valence-corrected chi connectivity index (χ1v) is 5.65. The summed E-state index contributed by atoms with van der Waals surface area (Å²) in [5.74, 6) is 0.227. The SMILES string of the molecule is CCC(C(N)=O)N(C)CCC(N)C(C)C. The topological polar surface area (TPSA) is 72.4 Å². The van der Waals surface area contributed by atoms with Crippen LogP contribution in [0.2, 0.25) is 0 Å². The number of nitrogens with zero attached hydrogens (tertiary/aromatic N) is 1. The molecular weight excluding hydrogens is 190 g/mol. The third kappa shape index (κ3) is 5.14. The Balaban J connectivity index is 4.01. The molecule has 0 rings (SSSR count). The van der Waals surface area contributed by atoms with Gasteiger partial charge in [-0.05, 0) is 25.8 Å². The van der Waals surface area contributed by atoms with Gasteiger partial charge in [0.05, 0.1) is 6.04 Å². The van der Waals surface area contributed by atoms with Gasteiger partial charge in [0.1, 0.15) is 0 Å². The molecule has 2 atom stereocenters. The van der Waals surface area contributed by atoms with Gasteiger partial charge in [0.15, 0.2) is 0 Å². The predicted octanol–water partition coefficient (Wildman–Crippen LogP) is 0.556. The second-order valence-corrected chi connectivity index (χ2v) is 4.50. The lowest BCUT2D eigenvalue weighted by Gasteiger charge is -2.26. The molecule has 4 nitrogen and oxygen atoms in total. The molecule has 0 saturated heterocycles. The quantitative estimate of drug-likeness (QED) is 0.651. The molecule has 1 amide bonds. The fourth-order valence-electron chi connectivity index (χ4n) is 1.57. The predicted molar refractivity (Wildman–Crippen MR) is 63.3 cm³/mol. The van der Waals surface area contributed by atoms with E-state index in [9.17, 15) is 4.79 Å². The molecule has 0 radical (unpaired) electrons. The van der Waals surface area contributed by atoms with E-state index in [-0.39, 0.29) is 18.0 Å². The molecule has 0 aromatic heterocycles. The van der Waals surface area contributed by atoms with Crippen LogP contribution in [-0.2, 0) is 4.79 Å². The molecule has 0 saturated carbocycles. The van der Waals surface area contributed by atoms with Crippen molar-refractivity contribution in [3.8, 4) is 0 Å². The molecular formula is C11H25N3O. The summed E-state index contributed by atoms with van der Waals surface area (Å²) in [4.78, 5) is 13.1. The Morgan fingerprint density at radius 2 is 1.93 bits per heavy atom. The van der Waals surface area contributed by atoms with Gasteiger partial charge in [0, 0.05) is 12.6 Å². The van der Waals surface area contributed by atoms with Crippen LogP contribution >= 0.6 is 0 Å². The minimum atomic E-state index is -0.252. The molecule has 2 unspecified atom stereocenters. The molecule has 0 fully saturated rings. The Morgan fingerprint density at radius 1 is 1.40 bits per heavy atom. The highest BCUT2D eigenvalue weighted by Crippen LogP contribution is 2.07. The number of rotatable bonds is 7. The highest BCUT2D eigenvalue weighted by Gasteiger charge is 2.19. The molecule has 90 valence electrons. The number of nitrogens with two attached hydrogens (primary N) is 2. The van der Waals surface area contributed by atoms with Crippen molar-refractivity contribution in [2.45, 2.75) is 45.7 Å². The molecule has 4 N–H and O–H groups in total. The number of carbonyl (C=O) groups is 1. The van der Waals surface area contributed by atoms with Gasteiger partial charge in [0.2, 0.25) is 5.91 Å². The smallest absolute Gasteiger partial charge is 0.234 e. The van der Waals surface area contributed by atoms with E-state index < -0.39 is 0 Å². The second-order valence-electron chi connectivity index (χ2n) is 4.50. The zero-order valence-corrected chi connectivity index (χ0v) is 10.4. The van der Waals surface area contributed by atoms with Gasteiger partial charge in [0.25, 0.3) is 0 Å². The number of hydrogen-bond acceptors (Lipinski definition) is 3. The maximum atomic E-state index is 11.1. The zero-order chi connectivity index (χ0) is 12.0. The van der Waals surface area contributed by atoms with Crippen molar-refractivity contribution < 1.29 is 4.79 Å². The molecule has 0 spiro atoms.